The average Bonchev–Trinajstić information content (AvgIpc) is 3.45. The number of amides is 1. The van der Waals surface area contributed by atoms with Crippen LogP contribution in [0.15, 0.2) is 56.5 Å². The second-order valence-electron chi connectivity index (χ2n) is 6.79. The van der Waals surface area contributed by atoms with Crippen molar-refractivity contribution in [3.05, 3.63) is 53.3 Å². The van der Waals surface area contributed by atoms with Crippen molar-refractivity contribution in [1.29, 1.82) is 5.41 Å². The minimum absolute atomic E-state index is 0.0241. The summed E-state index contributed by atoms with van der Waals surface area (Å²) >= 11 is 0.742. The van der Waals surface area contributed by atoms with E-state index in [-0.39, 0.29) is 33.3 Å². The Labute approximate surface area is 193 Å². The molecule has 0 aliphatic carbocycles. The summed E-state index contributed by atoms with van der Waals surface area (Å²) in [6, 6.07) is 9.96. The van der Waals surface area contributed by atoms with Crippen molar-refractivity contribution in [2.45, 2.75) is 13.8 Å². The Morgan fingerprint density at radius 2 is 1.94 bits per heavy atom. The smallest absolute Gasteiger partial charge is 0.338 e. The molecule has 0 spiro atoms. The standard InChI is InChI=1S/C21H18N4O6S2/c1-3-30-19(27)13-7-5-12(6-8-13)16-10-9-14(31-16)11-15-17(22)25-20(23-18(15)26)32-21(24-25)33(28,29)4-2/h5-11,22H,3-4H2,1-2H3/b15-11+,22-17?. The van der Waals surface area contributed by atoms with Gasteiger partial charge in [-0.3, -0.25) is 10.2 Å². The quantitative estimate of drug-likeness (QED) is 0.502. The molecule has 0 radical (unpaired) electrons. The van der Waals surface area contributed by atoms with Crippen LogP contribution in [0.5, 0.6) is 0 Å². The maximum atomic E-state index is 12.5. The van der Waals surface area contributed by atoms with E-state index in [0.717, 1.165) is 16.8 Å². The van der Waals surface area contributed by atoms with E-state index >= 15 is 0 Å². The van der Waals surface area contributed by atoms with Crippen LogP contribution in [0.2, 0.25) is 0 Å². The van der Waals surface area contributed by atoms with Gasteiger partial charge in [0.1, 0.15) is 11.5 Å². The zero-order chi connectivity index (χ0) is 23.8. The summed E-state index contributed by atoms with van der Waals surface area (Å²) in [4.78, 5) is 28.1. The predicted molar refractivity (Wildman–Crippen MR) is 125 cm³/mol. The minimum atomic E-state index is -3.60. The van der Waals surface area contributed by atoms with Gasteiger partial charge in [0.25, 0.3) is 5.91 Å². The van der Waals surface area contributed by atoms with Gasteiger partial charge in [0.2, 0.25) is 19.4 Å². The van der Waals surface area contributed by atoms with E-state index in [1.807, 2.05) is 0 Å². The molecule has 0 unspecified atom stereocenters. The molecule has 12 heteroatoms. The van der Waals surface area contributed by atoms with E-state index in [2.05, 4.69) is 10.1 Å². The number of thioether (sulfide) groups is 1. The van der Waals surface area contributed by atoms with E-state index in [0.29, 0.717) is 22.6 Å². The van der Waals surface area contributed by atoms with Crippen LogP contribution >= 0.6 is 11.8 Å². The number of furan rings is 1. The van der Waals surface area contributed by atoms with E-state index in [4.69, 9.17) is 14.6 Å². The fourth-order valence-electron chi connectivity index (χ4n) is 2.94. The summed E-state index contributed by atoms with van der Waals surface area (Å²) in [6.45, 7) is 3.50. The highest BCUT2D eigenvalue weighted by Gasteiger charge is 2.39. The number of nitrogens with one attached hydrogen (secondary N) is 1. The van der Waals surface area contributed by atoms with Crippen molar-refractivity contribution in [1.82, 2.24) is 5.01 Å². The first kappa shape index (κ1) is 22.7. The highest BCUT2D eigenvalue weighted by atomic mass is 32.3. The largest absolute Gasteiger partial charge is 0.462 e. The van der Waals surface area contributed by atoms with Gasteiger partial charge in [-0.2, -0.15) is 10.0 Å². The molecule has 0 bridgehead atoms. The Morgan fingerprint density at radius 1 is 1.21 bits per heavy atom. The SMILES string of the molecule is CCOC(=O)c1ccc(-c2ccc(/C=C3\C(=N)N4N=C(S(=O)(=O)CC)SC4=NC3=O)o2)cc1. The van der Waals surface area contributed by atoms with Crippen molar-refractivity contribution in [3.8, 4) is 11.3 Å². The van der Waals surface area contributed by atoms with Gasteiger partial charge in [-0.15, -0.1) is 5.10 Å². The van der Waals surface area contributed by atoms with E-state index in [1.165, 1.54) is 13.0 Å². The molecule has 0 atom stereocenters. The fraction of sp³-hybridized carbons (Fsp3) is 0.190. The summed E-state index contributed by atoms with van der Waals surface area (Å²) in [5, 5.41) is 13.3. The number of carbonyl (C=O) groups excluding carboxylic acids is 2. The third-order valence-corrected chi connectivity index (χ3v) is 7.76. The number of ether oxygens (including phenoxy) is 1. The lowest BCUT2D eigenvalue weighted by Crippen LogP contribution is -2.35. The highest BCUT2D eigenvalue weighted by molar-refractivity contribution is 8.42. The molecule has 2 aliphatic rings. The van der Waals surface area contributed by atoms with Gasteiger partial charge < -0.3 is 9.15 Å². The van der Waals surface area contributed by atoms with Crippen LogP contribution in [0.4, 0.5) is 0 Å². The van der Waals surface area contributed by atoms with Gasteiger partial charge in [0.15, 0.2) is 5.84 Å². The second kappa shape index (κ2) is 8.79. The Bertz CT molecular complexity index is 1350. The molecule has 10 nitrogen and oxygen atoms in total. The Morgan fingerprint density at radius 3 is 2.61 bits per heavy atom. The molecule has 0 fully saturated rings. The van der Waals surface area contributed by atoms with Gasteiger partial charge in [-0.1, -0.05) is 19.1 Å². The molecule has 1 amide bonds. The number of carbonyl (C=O) groups is 2. The first-order valence-electron chi connectivity index (χ1n) is 9.84. The number of hydrogen-bond acceptors (Lipinski definition) is 9. The Hall–Kier alpha value is -3.51. The molecular weight excluding hydrogens is 468 g/mol. The molecule has 2 aliphatic heterocycles. The van der Waals surface area contributed by atoms with Gasteiger partial charge in [0, 0.05) is 5.56 Å². The molecule has 3 heterocycles. The summed E-state index contributed by atoms with van der Waals surface area (Å²) in [5.74, 6) is -0.775. The number of sulfone groups is 1. The average molecular weight is 487 g/mol. The molecule has 33 heavy (non-hydrogen) atoms. The molecule has 2 aromatic rings. The van der Waals surface area contributed by atoms with E-state index in [1.54, 1.807) is 43.3 Å². The number of nitrogens with zero attached hydrogens (tertiary/aromatic N) is 3. The predicted octanol–water partition coefficient (Wildman–Crippen LogP) is 3.13. The second-order valence-corrected chi connectivity index (χ2v) is 10.2. The number of benzene rings is 1. The maximum absolute atomic E-state index is 12.5. The molecule has 170 valence electrons. The molecule has 0 saturated heterocycles. The highest BCUT2D eigenvalue weighted by Crippen LogP contribution is 2.31. The topological polar surface area (TPSA) is 142 Å². The molecule has 1 aromatic heterocycles. The van der Waals surface area contributed by atoms with Crippen molar-refractivity contribution >= 4 is 54.9 Å². The summed E-state index contributed by atoms with van der Waals surface area (Å²) in [6.07, 6.45) is 1.36. The van der Waals surface area contributed by atoms with Gasteiger partial charge >= 0.3 is 5.97 Å². The lowest BCUT2D eigenvalue weighted by Gasteiger charge is -2.19. The monoisotopic (exact) mass is 486 g/mol. The van der Waals surface area contributed by atoms with Crippen LogP contribution in [0, 0.1) is 5.41 Å². The number of esters is 1. The molecule has 1 N–H and O–H groups in total. The zero-order valence-electron chi connectivity index (χ0n) is 17.6. The van der Waals surface area contributed by atoms with Crippen LogP contribution in [0.1, 0.15) is 30.0 Å². The molecular formula is C21H18N4O6S2. The normalized spacial score (nSPS) is 17.2. The molecule has 0 saturated carbocycles. The van der Waals surface area contributed by atoms with Gasteiger partial charge in [0.05, 0.1) is 23.5 Å². The Kier molecular flexibility index (Phi) is 6.04. The van der Waals surface area contributed by atoms with Crippen LogP contribution in [0.3, 0.4) is 0 Å². The van der Waals surface area contributed by atoms with Crippen molar-refractivity contribution in [2.75, 3.05) is 12.4 Å². The van der Waals surface area contributed by atoms with E-state index in [9.17, 15) is 18.0 Å². The van der Waals surface area contributed by atoms with Gasteiger partial charge in [-0.25, -0.2) is 13.2 Å². The van der Waals surface area contributed by atoms with Crippen LogP contribution < -0.4 is 0 Å². The van der Waals surface area contributed by atoms with E-state index < -0.39 is 21.7 Å². The van der Waals surface area contributed by atoms with Crippen LogP contribution in [0.25, 0.3) is 17.4 Å². The third-order valence-electron chi connectivity index (χ3n) is 4.68. The number of amidine groups is 2. The lowest BCUT2D eigenvalue weighted by molar-refractivity contribution is -0.114. The first-order valence-corrected chi connectivity index (χ1v) is 12.3. The number of aliphatic imine (C=N–C) groups is 1. The van der Waals surface area contributed by atoms with Crippen LogP contribution in [-0.2, 0) is 19.4 Å². The van der Waals surface area contributed by atoms with Crippen molar-refractivity contribution in [3.63, 3.8) is 0 Å². The minimum Gasteiger partial charge on any atom is -0.462 e. The summed E-state index contributed by atoms with van der Waals surface area (Å²) in [5.41, 5.74) is 1.03. The first-order chi connectivity index (χ1) is 15.7. The maximum Gasteiger partial charge on any atom is 0.338 e. The number of fused-ring (bicyclic) bond motifs is 1. The molecule has 1 aromatic carbocycles. The lowest BCUT2D eigenvalue weighted by atomic mass is 10.1. The van der Waals surface area contributed by atoms with Crippen molar-refractivity contribution in [2.24, 2.45) is 10.1 Å². The summed E-state index contributed by atoms with van der Waals surface area (Å²) < 4.78 is 34.7. The van der Waals surface area contributed by atoms with Crippen molar-refractivity contribution < 1.29 is 27.2 Å². The fourth-order valence-corrected chi connectivity index (χ4v) is 5.10. The number of hydrazone groups is 1. The number of rotatable bonds is 5. The number of hydrogen-bond donors (Lipinski definition) is 1. The van der Waals surface area contributed by atoms with Crippen LogP contribution in [-0.4, -0.2) is 53.0 Å². The summed E-state index contributed by atoms with van der Waals surface area (Å²) in [7, 11) is -3.60. The van der Waals surface area contributed by atoms with Gasteiger partial charge in [-0.05, 0) is 49.0 Å². The Balaban J connectivity index is 1.58. The molecule has 4 rings (SSSR count). The third kappa shape index (κ3) is 4.39. The zero-order valence-corrected chi connectivity index (χ0v) is 19.2.